The lowest BCUT2D eigenvalue weighted by atomic mass is 10.2. The van der Waals surface area contributed by atoms with Crippen LogP contribution in [0.5, 0.6) is 11.5 Å². The van der Waals surface area contributed by atoms with Gasteiger partial charge in [0.1, 0.15) is 17.1 Å². The minimum atomic E-state index is -0.232. The van der Waals surface area contributed by atoms with E-state index < -0.39 is 0 Å². The van der Waals surface area contributed by atoms with E-state index in [-0.39, 0.29) is 5.91 Å². The largest absolute Gasteiger partial charge is 0.497 e. The molecule has 0 unspecified atom stereocenters. The number of aromatic nitrogens is 2. The van der Waals surface area contributed by atoms with E-state index in [1.54, 1.807) is 44.7 Å². The first kappa shape index (κ1) is 14.9. The van der Waals surface area contributed by atoms with Gasteiger partial charge in [-0.25, -0.2) is 4.98 Å². The van der Waals surface area contributed by atoms with Gasteiger partial charge in [0.2, 0.25) is 0 Å². The monoisotopic (exact) mass is 311 g/mol. The number of hydrogen-bond donors (Lipinski definition) is 1. The third kappa shape index (κ3) is 2.96. The summed E-state index contributed by atoms with van der Waals surface area (Å²) in [6.45, 7) is 1.91. The minimum absolute atomic E-state index is 0.232. The van der Waals surface area contributed by atoms with Crippen molar-refractivity contribution in [2.24, 2.45) is 0 Å². The maximum atomic E-state index is 12.5. The number of nitrogens with zero attached hydrogens (tertiary/aromatic N) is 2. The number of amides is 1. The van der Waals surface area contributed by atoms with Crippen LogP contribution < -0.4 is 14.8 Å². The van der Waals surface area contributed by atoms with Gasteiger partial charge >= 0.3 is 0 Å². The van der Waals surface area contributed by atoms with E-state index in [1.807, 2.05) is 23.6 Å². The van der Waals surface area contributed by atoms with Crippen molar-refractivity contribution in [3.8, 4) is 11.5 Å². The van der Waals surface area contributed by atoms with Gasteiger partial charge in [0.25, 0.3) is 5.91 Å². The summed E-state index contributed by atoms with van der Waals surface area (Å²) in [6, 6.07) is 8.79. The Morgan fingerprint density at radius 2 is 1.96 bits per heavy atom. The van der Waals surface area contributed by atoms with Crippen LogP contribution in [-0.2, 0) is 0 Å². The van der Waals surface area contributed by atoms with Crippen LogP contribution in [0.4, 0.5) is 5.69 Å². The van der Waals surface area contributed by atoms with Crippen molar-refractivity contribution in [2.75, 3.05) is 19.5 Å². The average Bonchev–Trinajstić information content (AvgIpc) is 2.93. The van der Waals surface area contributed by atoms with Crippen molar-refractivity contribution in [1.82, 2.24) is 9.38 Å². The molecule has 118 valence electrons. The summed E-state index contributed by atoms with van der Waals surface area (Å²) < 4.78 is 12.3. The molecule has 3 rings (SSSR count). The summed E-state index contributed by atoms with van der Waals surface area (Å²) >= 11 is 0. The fourth-order valence-corrected chi connectivity index (χ4v) is 2.36. The van der Waals surface area contributed by atoms with E-state index in [1.165, 1.54) is 0 Å². The highest BCUT2D eigenvalue weighted by atomic mass is 16.5. The number of ether oxygens (including phenoxy) is 2. The predicted molar refractivity (Wildman–Crippen MR) is 87.4 cm³/mol. The zero-order chi connectivity index (χ0) is 16.4. The molecule has 2 heterocycles. The number of benzene rings is 1. The van der Waals surface area contributed by atoms with Gasteiger partial charge in [-0.1, -0.05) is 0 Å². The number of rotatable bonds is 4. The van der Waals surface area contributed by atoms with Crippen molar-refractivity contribution < 1.29 is 14.3 Å². The second kappa shape index (κ2) is 6.00. The zero-order valence-corrected chi connectivity index (χ0v) is 13.2. The number of anilines is 1. The molecule has 6 heteroatoms. The Labute approximate surface area is 133 Å². The normalized spacial score (nSPS) is 10.6. The van der Waals surface area contributed by atoms with Gasteiger partial charge in [-0.15, -0.1) is 0 Å². The molecule has 0 aliphatic heterocycles. The number of carbonyl (C=O) groups excluding carboxylic acids is 1. The van der Waals surface area contributed by atoms with Crippen LogP contribution in [0.3, 0.4) is 0 Å². The number of methoxy groups -OCH3 is 2. The maximum absolute atomic E-state index is 12.5. The molecule has 0 bridgehead atoms. The lowest BCUT2D eigenvalue weighted by Crippen LogP contribution is -2.13. The van der Waals surface area contributed by atoms with Crippen LogP contribution >= 0.6 is 0 Å². The zero-order valence-electron chi connectivity index (χ0n) is 13.2. The summed E-state index contributed by atoms with van der Waals surface area (Å²) in [6.07, 6.45) is 3.62. The molecule has 2 aromatic heterocycles. The molecular weight excluding hydrogens is 294 g/mol. The highest BCUT2D eigenvalue weighted by Gasteiger charge is 2.12. The van der Waals surface area contributed by atoms with Gasteiger partial charge in [0, 0.05) is 18.5 Å². The maximum Gasteiger partial charge on any atom is 0.257 e. The van der Waals surface area contributed by atoms with Crippen LogP contribution in [0.25, 0.3) is 5.65 Å². The van der Waals surface area contributed by atoms with E-state index in [4.69, 9.17) is 9.47 Å². The van der Waals surface area contributed by atoms with Gasteiger partial charge in [0.15, 0.2) is 0 Å². The molecule has 0 aliphatic carbocycles. The van der Waals surface area contributed by atoms with Gasteiger partial charge in [-0.2, -0.15) is 0 Å². The van der Waals surface area contributed by atoms with Crippen LogP contribution in [-0.4, -0.2) is 29.5 Å². The molecule has 0 atom stereocenters. The SMILES string of the molecule is COc1ccc(OC)c(NC(=O)c2ccc3nc(C)cn3c2)c1. The van der Waals surface area contributed by atoms with Crippen LogP contribution in [0.1, 0.15) is 16.1 Å². The lowest BCUT2D eigenvalue weighted by molar-refractivity contribution is 0.102. The molecular formula is C17H17N3O3. The Balaban J connectivity index is 1.90. The third-order valence-electron chi connectivity index (χ3n) is 3.49. The number of hydrogen-bond acceptors (Lipinski definition) is 4. The molecule has 1 aromatic carbocycles. The number of pyridine rings is 1. The summed E-state index contributed by atoms with van der Waals surface area (Å²) in [5.74, 6) is 0.977. The summed E-state index contributed by atoms with van der Waals surface area (Å²) in [7, 11) is 3.13. The molecule has 0 radical (unpaired) electrons. The Morgan fingerprint density at radius 1 is 1.13 bits per heavy atom. The van der Waals surface area contributed by atoms with E-state index >= 15 is 0 Å². The molecule has 23 heavy (non-hydrogen) atoms. The minimum Gasteiger partial charge on any atom is -0.497 e. The molecule has 1 N–H and O–H groups in total. The molecule has 0 saturated heterocycles. The molecule has 0 fully saturated rings. The third-order valence-corrected chi connectivity index (χ3v) is 3.49. The molecule has 3 aromatic rings. The average molecular weight is 311 g/mol. The highest BCUT2D eigenvalue weighted by molar-refractivity contribution is 6.05. The highest BCUT2D eigenvalue weighted by Crippen LogP contribution is 2.29. The molecule has 1 amide bonds. The number of imidazole rings is 1. The van der Waals surface area contributed by atoms with Gasteiger partial charge in [-0.3, -0.25) is 4.79 Å². The van der Waals surface area contributed by atoms with E-state index in [2.05, 4.69) is 10.3 Å². The van der Waals surface area contributed by atoms with Crippen molar-refractivity contribution in [3.63, 3.8) is 0 Å². The van der Waals surface area contributed by atoms with E-state index in [0.29, 0.717) is 22.7 Å². The summed E-state index contributed by atoms with van der Waals surface area (Å²) in [4.78, 5) is 16.8. The number of aryl methyl sites for hydroxylation is 1. The fraction of sp³-hybridized carbons (Fsp3) is 0.176. The van der Waals surface area contributed by atoms with Crippen LogP contribution in [0.15, 0.2) is 42.7 Å². The first-order chi connectivity index (χ1) is 11.1. The number of fused-ring (bicyclic) bond motifs is 1. The number of nitrogens with one attached hydrogen (secondary N) is 1. The Hall–Kier alpha value is -3.02. The predicted octanol–water partition coefficient (Wildman–Crippen LogP) is 2.91. The van der Waals surface area contributed by atoms with E-state index in [9.17, 15) is 4.79 Å². The van der Waals surface area contributed by atoms with Crippen molar-refractivity contribution >= 4 is 17.2 Å². The van der Waals surface area contributed by atoms with E-state index in [0.717, 1.165) is 11.3 Å². The quantitative estimate of drug-likeness (QED) is 0.804. The standard InChI is InChI=1S/C17H17N3O3/c1-11-9-20-10-12(4-7-16(20)18-11)17(21)19-14-8-13(22-2)5-6-15(14)23-3/h4-10H,1-3H3,(H,19,21). The van der Waals surface area contributed by atoms with Crippen molar-refractivity contribution in [2.45, 2.75) is 6.92 Å². The van der Waals surface area contributed by atoms with Crippen LogP contribution in [0.2, 0.25) is 0 Å². The Morgan fingerprint density at radius 3 is 2.70 bits per heavy atom. The van der Waals surface area contributed by atoms with Crippen molar-refractivity contribution in [1.29, 1.82) is 0 Å². The first-order valence-corrected chi connectivity index (χ1v) is 7.09. The smallest absolute Gasteiger partial charge is 0.257 e. The van der Waals surface area contributed by atoms with Crippen molar-refractivity contribution in [3.05, 3.63) is 54.0 Å². The number of carbonyl (C=O) groups is 1. The topological polar surface area (TPSA) is 64.9 Å². The molecule has 0 spiro atoms. The molecule has 6 nitrogen and oxygen atoms in total. The first-order valence-electron chi connectivity index (χ1n) is 7.09. The second-order valence-electron chi connectivity index (χ2n) is 5.09. The lowest BCUT2D eigenvalue weighted by Gasteiger charge is -2.12. The van der Waals surface area contributed by atoms with Gasteiger partial charge in [0.05, 0.1) is 31.2 Å². The fourth-order valence-electron chi connectivity index (χ4n) is 2.36. The summed E-state index contributed by atoms with van der Waals surface area (Å²) in [5.41, 5.74) is 2.79. The van der Waals surface area contributed by atoms with Gasteiger partial charge < -0.3 is 19.2 Å². The second-order valence-corrected chi connectivity index (χ2v) is 5.09. The molecule has 0 aliphatic rings. The van der Waals surface area contributed by atoms with Crippen LogP contribution in [0, 0.1) is 6.92 Å². The Bertz CT molecular complexity index is 871. The van der Waals surface area contributed by atoms with Gasteiger partial charge in [-0.05, 0) is 31.2 Å². The molecule has 0 saturated carbocycles. The summed E-state index contributed by atoms with van der Waals surface area (Å²) in [5, 5.41) is 2.85. The Kier molecular flexibility index (Phi) is 3.89.